The van der Waals surface area contributed by atoms with Crippen molar-refractivity contribution in [2.24, 2.45) is 5.92 Å². The van der Waals surface area contributed by atoms with E-state index in [0.29, 0.717) is 24.9 Å². The molecule has 2 N–H and O–H groups in total. The van der Waals surface area contributed by atoms with Gasteiger partial charge in [-0.1, -0.05) is 51.8 Å². The molecule has 226 valence electrons. The molecule has 0 saturated carbocycles. The highest BCUT2D eigenvalue weighted by molar-refractivity contribution is 5.92. The first-order chi connectivity index (χ1) is 18.7. The number of amides is 3. The Kier molecular flexibility index (Phi) is 14.7. The topological polar surface area (TPSA) is 114 Å². The molecular weight excluding hydrogens is 510 g/mol. The minimum absolute atomic E-state index is 0.0270. The molecule has 0 radical (unpaired) electrons. The van der Waals surface area contributed by atoms with Gasteiger partial charge in [0.05, 0.1) is 13.0 Å². The van der Waals surface area contributed by atoms with Crippen LogP contribution in [0.4, 0.5) is 4.79 Å². The van der Waals surface area contributed by atoms with E-state index >= 15 is 0 Å². The van der Waals surface area contributed by atoms with Gasteiger partial charge in [-0.25, -0.2) is 4.79 Å². The Bertz CT molecular complexity index is 986. The van der Waals surface area contributed by atoms with Crippen molar-refractivity contribution in [3.63, 3.8) is 0 Å². The van der Waals surface area contributed by atoms with Crippen molar-refractivity contribution in [1.82, 2.24) is 15.5 Å². The molecule has 0 fully saturated rings. The maximum atomic E-state index is 14.2. The third kappa shape index (κ3) is 12.4. The molecule has 0 bridgehead atoms. The van der Waals surface area contributed by atoms with Gasteiger partial charge in [0.15, 0.2) is 0 Å². The van der Waals surface area contributed by atoms with Crippen LogP contribution in [0.1, 0.15) is 103 Å². The number of carbonyl (C=O) groups is 4. The largest absolute Gasteiger partial charge is 0.466 e. The van der Waals surface area contributed by atoms with Crippen LogP contribution in [0.3, 0.4) is 0 Å². The number of benzene rings is 1. The van der Waals surface area contributed by atoms with Crippen molar-refractivity contribution in [3.8, 4) is 0 Å². The molecule has 0 spiro atoms. The molecule has 0 saturated heterocycles. The lowest BCUT2D eigenvalue weighted by atomic mass is 9.96. The lowest BCUT2D eigenvalue weighted by Crippen LogP contribution is -2.53. The molecule has 1 rings (SSSR count). The summed E-state index contributed by atoms with van der Waals surface area (Å²) in [5.74, 6) is -1.04. The molecule has 0 aliphatic carbocycles. The lowest BCUT2D eigenvalue weighted by Gasteiger charge is -2.35. The number of carbonyl (C=O) groups excluding carboxylic acids is 4. The molecule has 9 heteroatoms. The second-order valence-corrected chi connectivity index (χ2v) is 11.7. The zero-order valence-corrected chi connectivity index (χ0v) is 26.0. The molecule has 3 amide bonds. The number of nitrogens with zero attached hydrogens (tertiary/aromatic N) is 1. The van der Waals surface area contributed by atoms with E-state index in [9.17, 15) is 19.2 Å². The molecule has 1 aromatic rings. The van der Waals surface area contributed by atoms with Gasteiger partial charge in [-0.05, 0) is 77.0 Å². The van der Waals surface area contributed by atoms with Crippen molar-refractivity contribution in [2.75, 3.05) is 19.7 Å². The average Bonchev–Trinajstić information content (AvgIpc) is 2.83. The lowest BCUT2D eigenvalue weighted by molar-refractivity contribution is -0.144. The summed E-state index contributed by atoms with van der Waals surface area (Å²) in [7, 11) is 0. The Labute approximate surface area is 240 Å². The minimum Gasteiger partial charge on any atom is -0.466 e. The van der Waals surface area contributed by atoms with Crippen LogP contribution in [0, 0.1) is 19.8 Å². The molecule has 0 heterocycles. The van der Waals surface area contributed by atoms with Crippen LogP contribution in [-0.2, 0) is 23.9 Å². The first-order valence-electron chi connectivity index (χ1n) is 14.5. The number of esters is 1. The smallest absolute Gasteiger partial charge is 0.408 e. The first-order valence-corrected chi connectivity index (χ1v) is 14.5. The molecule has 2 atom stereocenters. The van der Waals surface area contributed by atoms with Gasteiger partial charge in [0.25, 0.3) is 0 Å². The third-order valence-electron chi connectivity index (χ3n) is 6.32. The van der Waals surface area contributed by atoms with Gasteiger partial charge in [-0.15, -0.1) is 0 Å². The molecule has 40 heavy (non-hydrogen) atoms. The van der Waals surface area contributed by atoms with Gasteiger partial charge in [-0.2, -0.15) is 0 Å². The summed E-state index contributed by atoms with van der Waals surface area (Å²) in [5.41, 5.74) is 2.01. The highest BCUT2D eigenvalue weighted by atomic mass is 16.6. The number of hydrogen-bond acceptors (Lipinski definition) is 6. The number of alkyl carbamates (subject to hydrolysis) is 1. The predicted molar refractivity (Wildman–Crippen MR) is 157 cm³/mol. The van der Waals surface area contributed by atoms with Gasteiger partial charge in [0, 0.05) is 13.1 Å². The SMILES string of the molecule is CCCCCN(C(=O)C(CC(C)C)NC(=O)OC(C)(C)C)C(C(=O)NCCC(=O)OCC)c1ccc(C)c(C)c1. The van der Waals surface area contributed by atoms with Gasteiger partial charge in [-0.3, -0.25) is 14.4 Å². The normalized spacial score (nSPS) is 12.8. The monoisotopic (exact) mass is 561 g/mol. The third-order valence-corrected chi connectivity index (χ3v) is 6.32. The molecule has 1 aromatic carbocycles. The fourth-order valence-corrected chi connectivity index (χ4v) is 4.27. The first kappa shape index (κ1) is 34.9. The van der Waals surface area contributed by atoms with Crippen LogP contribution in [0.5, 0.6) is 0 Å². The van der Waals surface area contributed by atoms with Crippen LogP contribution in [0.15, 0.2) is 18.2 Å². The Morgan fingerprint density at radius 2 is 1.68 bits per heavy atom. The van der Waals surface area contributed by atoms with E-state index in [1.807, 2.05) is 45.9 Å². The summed E-state index contributed by atoms with van der Waals surface area (Å²) in [6, 6.07) is 3.89. The molecule has 0 aliphatic rings. The van der Waals surface area contributed by atoms with E-state index in [4.69, 9.17) is 9.47 Å². The summed E-state index contributed by atoms with van der Waals surface area (Å²) < 4.78 is 10.4. The van der Waals surface area contributed by atoms with Gasteiger partial charge >= 0.3 is 12.1 Å². The summed E-state index contributed by atoms with van der Waals surface area (Å²) in [4.78, 5) is 54.1. The summed E-state index contributed by atoms with van der Waals surface area (Å²) in [6.45, 7) is 17.7. The fraction of sp³-hybridized carbons (Fsp3) is 0.677. The van der Waals surface area contributed by atoms with Gasteiger partial charge in [0.1, 0.15) is 17.7 Å². The zero-order chi connectivity index (χ0) is 30.5. The molecular formula is C31H51N3O6. The maximum absolute atomic E-state index is 14.2. The zero-order valence-electron chi connectivity index (χ0n) is 26.0. The van der Waals surface area contributed by atoms with Crippen molar-refractivity contribution in [2.45, 2.75) is 112 Å². The van der Waals surface area contributed by atoms with E-state index in [2.05, 4.69) is 17.6 Å². The van der Waals surface area contributed by atoms with Crippen LogP contribution >= 0.6 is 0 Å². The quantitative estimate of drug-likeness (QED) is 0.220. The Hall–Kier alpha value is -3.10. The summed E-state index contributed by atoms with van der Waals surface area (Å²) >= 11 is 0. The maximum Gasteiger partial charge on any atom is 0.408 e. The highest BCUT2D eigenvalue weighted by Gasteiger charge is 2.36. The van der Waals surface area contributed by atoms with Crippen molar-refractivity contribution in [3.05, 3.63) is 34.9 Å². The number of hydrogen-bond donors (Lipinski definition) is 2. The van der Waals surface area contributed by atoms with E-state index in [0.717, 1.165) is 24.0 Å². The molecule has 0 aromatic heterocycles. The Balaban J connectivity index is 3.48. The van der Waals surface area contributed by atoms with Crippen molar-refractivity contribution >= 4 is 23.9 Å². The van der Waals surface area contributed by atoms with E-state index in [-0.39, 0.29) is 31.4 Å². The molecule has 9 nitrogen and oxygen atoms in total. The number of unbranched alkanes of at least 4 members (excludes halogenated alkanes) is 2. The van der Waals surface area contributed by atoms with Crippen molar-refractivity contribution < 1.29 is 28.7 Å². The second-order valence-electron chi connectivity index (χ2n) is 11.7. The molecule has 2 unspecified atom stereocenters. The number of aryl methyl sites for hydroxylation is 2. The van der Waals surface area contributed by atoms with Gasteiger partial charge in [0.2, 0.25) is 11.8 Å². The minimum atomic E-state index is -0.944. The van der Waals surface area contributed by atoms with Crippen LogP contribution in [0.25, 0.3) is 0 Å². The standard InChI is InChI=1S/C31H51N3O6/c1-10-12-13-18-34(29(37)25(19-21(3)4)33-30(38)40-31(7,8)9)27(24-15-14-22(5)23(6)20-24)28(36)32-17-16-26(35)39-11-2/h14-15,20-21,25,27H,10-13,16-19H2,1-9H3,(H,32,36)(H,33,38). The number of ether oxygens (including phenoxy) is 2. The number of nitrogens with one attached hydrogen (secondary N) is 2. The average molecular weight is 562 g/mol. The summed E-state index contributed by atoms with van der Waals surface area (Å²) in [6.07, 6.45) is 2.24. The predicted octanol–water partition coefficient (Wildman–Crippen LogP) is 5.37. The number of rotatable bonds is 15. The molecule has 0 aliphatic heterocycles. The van der Waals surface area contributed by atoms with Crippen LogP contribution in [0.2, 0.25) is 0 Å². The van der Waals surface area contributed by atoms with E-state index < -0.39 is 35.7 Å². The Morgan fingerprint density at radius 3 is 2.23 bits per heavy atom. The van der Waals surface area contributed by atoms with Crippen molar-refractivity contribution in [1.29, 1.82) is 0 Å². The highest BCUT2D eigenvalue weighted by Crippen LogP contribution is 2.26. The van der Waals surface area contributed by atoms with Crippen LogP contribution < -0.4 is 10.6 Å². The fourth-order valence-electron chi connectivity index (χ4n) is 4.27. The summed E-state index contributed by atoms with van der Waals surface area (Å²) in [5, 5.41) is 5.60. The van der Waals surface area contributed by atoms with Crippen LogP contribution in [-0.4, -0.2) is 60.1 Å². The Morgan fingerprint density at radius 1 is 1.00 bits per heavy atom. The van der Waals surface area contributed by atoms with E-state index in [1.54, 1.807) is 32.6 Å². The second kappa shape index (κ2) is 16.9. The van der Waals surface area contributed by atoms with Gasteiger partial charge < -0.3 is 25.0 Å². The van der Waals surface area contributed by atoms with E-state index in [1.165, 1.54) is 0 Å².